The molecular weight excluding hydrogens is 723 g/mol. The maximum absolute atomic E-state index is 13.7. The van der Waals surface area contributed by atoms with Crippen LogP contribution in [0.2, 0.25) is 0 Å². The van der Waals surface area contributed by atoms with E-state index in [9.17, 15) is 22.8 Å². The number of esters is 1. The lowest BCUT2D eigenvalue weighted by atomic mass is 9.88. The number of rotatable bonds is 14. The van der Waals surface area contributed by atoms with Crippen molar-refractivity contribution < 1.29 is 37.0 Å². The molecule has 1 aliphatic heterocycles. The first kappa shape index (κ1) is 41.1. The number of carbonyl (C=O) groups is 3. The van der Waals surface area contributed by atoms with Crippen molar-refractivity contribution in [2.75, 3.05) is 20.3 Å². The number of hydrogen-bond acceptors (Lipinski definition) is 9. The maximum Gasteiger partial charge on any atom is 0.407 e. The molecule has 0 bridgehead atoms. The van der Waals surface area contributed by atoms with E-state index in [0.29, 0.717) is 17.5 Å². The first-order valence-corrected chi connectivity index (χ1v) is 20.1. The summed E-state index contributed by atoms with van der Waals surface area (Å²) >= 11 is 0. The van der Waals surface area contributed by atoms with Gasteiger partial charge in [0.05, 0.1) is 12.0 Å². The molecule has 296 valence electrons. The number of alkyl carbamates (subject to hydrolysis) is 1. The van der Waals surface area contributed by atoms with Crippen LogP contribution in [0, 0.1) is 20.8 Å². The Hall–Kier alpha value is -5.11. The monoisotopic (exact) mass is 775 g/mol. The highest BCUT2D eigenvalue weighted by Gasteiger charge is 2.35. The van der Waals surface area contributed by atoms with Gasteiger partial charge in [0.15, 0.2) is 0 Å². The fourth-order valence-electron chi connectivity index (χ4n) is 7.60. The standard InChI is InChI=1S/C41H53N5O8S/c1-8-14-34(38(48)52-7)44-37(47)33(45-40(49)53-23-32-30-17-11-9-15-28(30)29-16-10-12-18-31(29)32)19-13-22-43-39(42)46-55(50,51)36-25(3)24(2)35-27(26(36)4)20-21-41(5,6)54-35/h8-9,11-12,15,17-18,32-34H,1,10,13-14,16,19-23H2,2-7H3,(H,44,47)(H,45,49)(H3,42,43,46)/t32?,33-,34-/m1/s1. The van der Waals surface area contributed by atoms with Gasteiger partial charge >= 0.3 is 12.1 Å². The molecule has 14 heteroatoms. The van der Waals surface area contributed by atoms with Crippen molar-refractivity contribution in [2.45, 2.75) is 108 Å². The van der Waals surface area contributed by atoms with Gasteiger partial charge in [0, 0.05) is 12.5 Å². The van der Waals surface area contributed by atoms with Gasteiger partial charge in [0.1, 0.15) is 30.0 Å². The highest BCUT2D eigenvalue weighted by atomic mass is 32.2. The number of nitrogens with zero attached hydrogens (tertiary/aromatic N) is 1. The highest BCUT2D eigenvalue weighted by Crippen LogP contribution is 2.46. The number of amides is 2. The second-order valence-electron chi connectivity index (χ2n) is 14.8. The number of methoxy groups -OCH3 is 1. The molecule has 1 unspecified atom stereocenters. The van der Waals surface area contributed by atoms with Crippen LogP contribution in [-0.4, -0.2) is 70.3 Å². The molecule has 0 spiro atoms. The minimum absolute atomic E-state index is 0.0220. The van der Waals surface area contributed by atoms with Crippen LogP contribution in [0.5, 0.6) is 5.75 Å². The number of guanidine groups is 1. The first-order valence-electron chi connectivity index (χ1n) is 18.6. The number of aliphatic imine (C=N–C) groups is 1. The molecule has 0 saturated carbocycles. The second kappa shape index (κ2) is 17.1. The summed E-state index contributed by atoms with van der Waals surface area (Å²) in [7, 11) is -2.91. The van der Waals surface area contributed by atoms with E-state index in [0.717, 1.165) is 52.8 Å². The Kier molecular flexibility index (Phi) is 12.8. The summed E-state index contributed by atoms with van der Waals surface area (Å²) < 4.78 is 46.5. The lowest BCUT2D eigenvalue weighted by Crippen LogP contribution is -2.52. The van der Waals surface area contributed by atoms with E-state index in [1.165, 1.54) is 18.8 Å². The van der Waals surface area contributed by atoms with Crippen molar-refractivity contribution >= 4 is 39.5 Å². The number of benzene rings is 2. The molecule has 55 heavy (non-hydrogen) atoms. The first-order chi connectivity index (χ1) is 26.1. The Balaban J connectivity index is 1.25. The molecule has 5 rings (SSSR count). The average molecular weight is 776 g/mol. The van der Waals surface area contributed by atoms with Gasteiger partial charge in [-0.2, -0.15) is 0 Å². The van der Waals surface area contributed by atoms with Gasteiger partial charge in [-0.05, 0) is 124 Å². The average Bonchev–Trinajstić information content (AvgIpc) is 3.46. The third-order valence-corrected chi connectivity index (χ3v) is 12.2. The van der Waals surface area contributed by atoms with Crippen LogP contribution >= 0.6 is 0 Å². The molecule has 1 heterocycles. The van der Waals surface area contributed by atoms with Crippen molar-refractivity contribution in [3.63, 3.8) is 0 Å². The third kappa shape index (κ3) is 9.23. The summed E-state index contributed by atoms with van der Waals surface area (Å²) in [6, 6.07) is 5.92. The Labute approximate surface area is 323 Å². The molecule has 2 aromatic rings. The van der Waals surface area contributed by atoms with Crippen LogP contribution in [0.3, 0.4) is 0 Å². The number of ether oxygens (including phenoxy) is 3. The SMILES string of the molecule is C=CC[C@@H](NC(=O)[C@@H](CCCN=C(N)NS(=O)(=O)c1c(C)c(C)c2c(c1C)CCC(C)(C)O2)NC(=O)OCC1C2=C(CCC=C2)c2ccccc21)C(=O)OC. The summed E-state index contributed by atoms with van der Waals surface area (Å²) in [5, 5.41) is 5.28. The highest BCUT2D eigenvalue weighted by molar-refractivity contribution is 7.90. The van der Waals surface area contributed by atoms with Gasteiger partial charge in [-0.25, -0.2) is 22.7 Å². The third-order valence-electron chi connectivity index (χ3n) is 10.5. The number of allylic oxidation sites excluding steroid dienone is 3. The molecule has 5 N–H and O–H groups in total. The number of carbonyl (C=O) groups excluding carboxylic acids is 3. The van der Waals surface area contributed by atoms with Crippen LogP contribution in [-0.2, 0) is 35.5 Å². The quantitative estimate of drug-likeness (QED) is 0.0648. The van der Waals surface area contributed by atoms with Crippen LogP contribution in [0.4, 0.5) is 4.79 Å². The predicted octanol–water partition coefficient (Wildman–Crippen LogP) is 5.32. The number of fused-ring (bicyclic) bond motifs is 3. The zero-order chi connectivity index (χ0) is 40.1. The molecule has 0 fully saturated rings. The van der Waals surface area contributed by atoms with E-state index < -0.39 is 40.1 Å². The van der Waals surface area contributed by atoms with E-state index in [1.807, 2.05) is 39.0 Å². The van der Waals surface area contributed by atoms with Crippen molar-refractivity contribution in [1.29, 1.82) is 0 Å². The number of sulfonamides is 1. The van der Waals surface area contributed by atoms with E-state index >= 15 is 0 Å². The van der Waals surface area contributed by atoms with Gasteiger partial charge in [0.25, 0.3) is 10.0 Å². The van der Waals surface area contributed by atoms with Crippen LogP contribution in [0.25, 0.3) is 5.57 Å². The van der Waals surface area contributed by atoms with Gasteiger partial charge in [0.2, 0.25) is 11.9 Å². The van der Waals surface area contributed by atoms with Gasteiger partial charge in [-0.3, -0.25) is 9.79 Å². The summed E-state index contributed by atoms with van der Waals surface area (Å²) in [6.07, 6.45) is 8.54. The topological polar surface area (TPSA) is 188 Å². The molecule has 13 nitrogen and oxygen atoms in total. The predicted molar refractivity (Wildman–Crippen MR) is 211 cm³/mol. The molecule has 0 aromatic heterocycles. The van der Waals surface area contributed by atoms with Crippen LogP contribution in [0.15, 0.2) is 64.5 Å². The van der Waals surface area contributed by atoms with Crippen LogP contribution in [0.1, 0.15) is 91.7 Å². The summed E-state index contributed by atoms with van der Waals surface area (Å²) in [5.74, 6) is -1.04. The minimum atomic E-state index is -4.12. The van der Waals surface area contributed by atoms with Crippen LogP contribution < -0.4 is 25.8 Å². The number of nitrogens with two attached hydrogens (primary N) is 1. The molecule has 3 atom stereocenters. The minimum Gasteiger partial charge on any atom is -0.487 e. The van der Waals surface area contributed by atoms with E-state index in [-0.39, 0.29) is 54.8 Å². The molecule has 2 aliphatic carbocycles. The summed E-state index contributed by atoms with van der Waals surface area (Å²) in [5.41, 5.74) is 13.1. The lowest BCUT2D eigenvalue weighted by Gasteiger charge is -2.35. The largest absolute Gasteiger partial charge is 0.487 e. The maximum atomic E-state index is 13.7. The summed E-state index contributed by atoms with van der Waals surface area (Å²) in [4.78, 5) is 43.4. The van der Waals surface area contributed by atoms with Gasteiger partial charge in [-0.1, -0.05) is 42.5 Å². The summed E-state index contributed by atoms with van der Waals surface area (Å²) in [6.45, 7) is 13.1. The number of nitrogens with one attached hydrogen (secondary N) is 3. The second-order valence-corrected chi connectivity index (χ2v) is 16.4. The Morgan fingerprint density at radius 1 is 1.09 bits per heavy atom. The fraction of sp³-hybridized carbons (Fsp3) is 0.463. The van der Waals surface area contributed by atoms with Gasteiger partial charge < -0.3 is 30.6 Å². The number of hydrogen-bond donors (Lipinski definition) is 4. The van der Waals surface area contributed by atoms with E-state index in [1.54, 1.807) is 13.8 Å². The molecule has 2 amide bonds. The van der Waals surface area contributed by atoms with E-state index in [2.05, 4.69) is 45.1 Å². The zero-order valence-corrected chi connectivity index (χ0v) is 33.4. The molecule has 0 radical (unpaired) electrons. The lowest BCUT2D eigenvalue weighted by molar-refractivity contribution is -0.145. The Morgan fingerprint density at radius 3 is 2.56 bits per heavy atom. The van der Waals surface area contributed by atoms with Crippen molar-refractivity contribution in [3.05, 3.63) is 88.0 Å². The fourth-order valence-corrected chi connectivity index (χ4v) is 9.12. The Bertz CT molecular complexity index is 2050. The van der Waals surface area contributed by atoms with Crippen molar-refractivity contribution in [1.82, 2.24) is 15.4 Å². The Morgan fingerprint density at radius 2 is 1.84 bits per heavy atom. The van der Waals surface area contributed by atoms with E-state index in [4.69, 9.17) is 19.9 Å². The molecule has 0 saturated heterocycles. The van der Waals surface area contributed by atoms with Crippen molar-refractivity contribution in [2.24, 2.45) is 10.7 Å². The molecule has 3 aliphatic rings. The molecular formula is C41H53N5O8S. The smallest absolute Gasteiger partial charge is 0.407 e. The van der Waals surface area contributed by atoms with Gasteiger partial charge in [-0.15, -0.1) is 6.58 Å². The molecule has 2 aromatic carbocycles. The zero-order valence-electron chi connectivity index (χ0n) is 32.5. The van der Waals surface area contributed by atoms with Crippen molar-refractivity contribution in [3.8, 4) is 5.75 Å². The normalized spacial score (nSPS) is 18.1.